The van der Waals surface area contributed by atoms with Crippen LogP contribution < -0.4 is 4.74 Å². The van der Waals surface area contributed by atoms with Crippen LogP contribution in [0.15, 0.2) is 42.5 Å². The summed E-state index contributed by atoms with van der Waals surface area (Å²) in [5.41, 5.74) is 1.05. The van der Waals surface area contributed by atoms with E-state index in [0.717, 1.165) is 0 Å². The van der Waals surface area contributed by atoms with E-state index in [2.05, 4.69) is 0 Å². The Morgan fingerprint density at radius 2 is 1.83 bits per heavy atom. The van der Waals surface area contributed by atoms with Gasteiger partial charge in [0.2, 0.25) is 5.78 Å². The second-order valence-corrected chi connectivity index (χ2v) is 5.19. The van der Waals surface area contributed by atoms with Crippen molar-refractivity contribution in [3.05, 3.63) is 65.0 Å². The van der Waals surface area contributed by atoms with Crippen molar-refractivity contribution in [1.29, 1.82) is 0 Å². The van der Waals surface area contributed by atoms with E-state index >= 15 is 0 Å². The molecule has 0 radical (unpaired) electrons. The molecule has 0 heterocycles. The highest BCUT2D eigenvalue weighted by Crippen LogP contribution is 2.18. The minimum absolute atomic E-state index is 0.0147. The lowest BCUT2D eigenvalue weighted by Gasteiger charge is -2.09. The number of ketones is 2. The molecule has 0 saturated heterocycles. The van der Waals surface area contributed by atoms with Crippen LogP contribution in [0.2, 0.25) is 0 Å². The maximum absolute atomic E-state index is 13.9. The highest BCUT2D eigenvalue weighted by molar-refractivity contribution is 6.37. The van der Waals surface area contributed by atoms with E-state index in [1.54, 1.807) is 37.3 Å². The van der Waals surface area contributed by atoms with Crippen LogP contribution in [0.5, 0.6) is 5.75 Å². The number of hydrogen-bond acceptors (Lipinski definition) is 4. The number of benzene rings is 2. The molecule has 24 heavy (non-hydrogen) atoms. The summed E-state index contributed by atoms with van der Waals surface area (Å²) in [6.07, 6.45) is -0.717. The molecule has 6 heteroatoms. The smallest absolute Gasteiger partial charge is 0.372 e. The summed E-state index contributed by atoms with van der Waals surface area (Å²) < 4.78 is 19.4. The van der Waals surface area contributed by atoms with E-state index in [9.17, 15) is 18.8 Å². The molecule has 0 aliphatic carbocycles. The van der Waals surface area contributed by atoms with Crippen LogP contribution >= 0.6 is 0 Å². The second-order valence-electron chi connectivity index (χ2n) is 5.19. The summed E-state index contributed by atoms with van der Waals surface area (Å²) in [5, 5.41) is 8.53. The van der Waals surface area contributed by atoms with E-state index in [4.69, 9.17) is 9.84 Å². The zero-order valence-electron chi connectivity index (χ0n) is 12.9. The fraction of sp³-hybridized carbons (Fsp3) is 0.167. The predicted molar refractivity (Wildman–Crippen MR) is 83.5 cm³/mol. The number of carboxylic acids is 1. The molecule has 5 nitrogen and oxygen atoms in total. The molecule has 2 rings (SSSR count). The minimum Gasteiger partial charge on any atom is -0.489 e. The Morgan fingerprint density at radius 3 is 2.54 bits per heavy atom. The highest BCUT2D eigenvalue weighted by Gasteiger charge is 2.18. The molecular weight excluding hydrogens is 315 g/mol. The Labute approximate surface area is 137 Å². The van der Waals surface area contributed by atoms with E-state index in [-0.39, 0.29) is 18.0 Å². The Morgan fingerprint density at radius 1 is 1.12 bits per heavy atom. The van der Waals surface area contributed by atoms with Gasteiger partial charge in [-0.2, -0.15) is 0 Å². The van der Waals surface area contributed by atoms with Gasteiger partial charge < -0.3 is 9.84 Å². The number of rotatable bonds is 7. The van der Waals surface area contributed by atoms with Gasteiger partial charge in [-0.05, 0) is 24.6 Å². The quantitative estimate of drug-likeness (QED) is 0.479. The number of halogens is 1. The predicted octanol–water partition coefficient (Wildman–Crippen LogP) is 2.94. The number of Topliss-reactive ketones (excluding diaryl/α,β-unsaturated/α-hetero) is 2. The van der Waals surface area contributed by atoms with Crippen molar-refractivity contribution in [1.82, 2.24) is 0 Å². The molecule has 0 unspecified atom stereocenters. The van der Waals surface area contributed by atoms with Crippen molar-refractivity contribution >= 4 is 17.5 Å². The monoisotopic (exact) mass is 330 g/mol. The van der Waals surface area contributed by atoms with Gasteiger partial charge in [-0.1, -0.05) is 30.3 Å². The lowest BCUT2D eigenvalue weighted by atomic mass is 10.1. The summed E-state index contributed by atoms with van der Waals surface area (Å²) in [7, 11) is 0. The zero-order valence-corrected chi connectivity index (χ0v) is 12.9. The molecule has 2 aromatic rings. The van der Waals surface area contributed by atoms with Crippen LogP contribution in [0.25, 0.3) is 0 Å². The van der Waals surface area contributed by atoms with Crippen LogP contribution in [-0.2, 0) is 16.2 Å². The van der Waals surface area contributed by atoms with Gasteiger partial charge in [-0.3, -0.25) is 9.59 Å². The molecule has 0 aliphatic rings. The molecule has 1 N–H and O–H groups in total. The lowest BCUT2D eigenvalue weighted by Crippen LogP contribution is -2.17. The maximum atomic E-state index is 13.9. The van der Waals surface area contributed by atoms with Crippen molar-refractivity contribution in [2.45, 2.75) is 20.0 Å². The van der Waals surface area contributed by atoms with Crippen LogP contribution in [0, 0.1) is 12.7 Å². The summed E-state index contributed by atoms with van der Waals surface area (Å²) in [4.78, 5) is 33.5. The Kier molecular flexibility index (Phi) is 5.42. The first kappa shape index (κ1) is 17.3. The lowest BCUT2D eigenvalue weighted by molar-refractivity contribution is -0.148. The van der Waals surface area contributed by atoms with Crippen LogP contribution in [0.1, 0.15) is 27.9 Å². The van der Waals surface area contributed by atoms with Gasteiger partial charge in [0, 0.05) is 11.1 Å². The third kappa shape index (κ3) is 4.25. The molecule has 0 spiro atoms. The standard InChI is InChI=1S/C18H15FO5/c1-11-4-2-6-13(17(11)19)10-24-14-7-3-5-12(8-14)15(20)9-16(21)18(22)23/h2-8H,9-10H2,1H3,(H,22,23). The molecule has 0 aliphatic heterocycles. The van der Waals surface area contributed by atoms with Crippen molar-refractivity contribution < 1.29 is 28.6 Å². The first-order valence-electron chi connectivity index (χ1n) is 7.14. The van der Waals surface area contributed by atoms with E-state index in [1.165, 1.54) is 12.1 Å². The van der Waals surface area contributed by atoms with E-state index in [0.29, 0.717) is 16.9 Å². The van der Waals surface area contributed by atoms with Crippen LogP contribution in [-0.4, -0.2) is 22.6 Å². The van der Waals surface area contributed by atoms with Gasteiger partial charge in [0.1, 0.15) is 18.2 Å². The maximum Gasteiger partial charge on any atom is 0.372 e. The third-order valence-electron chi connectivity index (χ3n) is 3.38. The Hall–Kier alpha value is -3.02. The summed E-state index contributed by atoms with van der Waals surface area (Å²) in [5.74, 6) is -3.46. The van der Waals surface area contributed by atoms with Gasteiger partial charge in [0.25, 0.3) is 0 Å². The molecule has 0 atom stereocenters. The molecule has 0 amide bonds. The average Bonchev–Trinajstić information content (AvgIpc) is 2.56. The fourth-order valence-corrected chi connectivity index (χ4v) is 2.06. The molecule has 2 aromatic carbocycles. The molecule has 124 valence electrons. The first-order valence-corrected chi connectivity index (χ1v) is 7.14. The summed E-state index contributed by atoms with van der Waals surface area (Å²) >= 11 is 0. The van der Waals surface area contributed by atoms with Gasteiger partial charge >= 0.3 is 5.97 Å². The largest absolute Gasteiger partial charge is 0.489 e. The van der Waals surface area contributed by atoms with Crippen LogP contribution in [0.3, 0.4) is 0 Å². The molecule has 0 aromatic heterocycles. The van der Waals surface area contributed by atoms with E-state index in [1.807, 2.05) is 0 Å². The molecular formula is C18H15FO5. The Bertz CT molecular complexity index is 798. The van der Waals surface area contributed by atoms with Gasteiger partial charge in [0.15, 0.2) is 5.78 Å². The van der Waals surface area contributed by atoms with Crippen molar-refractivity contribution in [3.63, 3.8) is 0 Å². The summed E-state index contributed by atoms with van der Waals surface area (Å²) in [6.45, 7) is 1.64. The van der Waals surface area contributed by atoms with Crippen molar-refractivity contribution in [2.75, 3.05) is 0 Å². The third-order valence-corrected chi connectivity index (χ3v) is 3.38. The normalized spacial score (nSPS) is 10.2. The second kappa shape index (κ2) is 7.50. The number of carbonyl (C=O) groups excluding carboxylic acids is 2. The first-order chi connectivity index (χ1) is 11.4. The number of aryl methyl sites for hydroxylation is 1. The number of ether oxygens (including phenoxy) is 1. The molecule has 0 bridgehead atoms. The van der Waals surface area contributed by atoms with Crippen molar-refractivity contribution in [3.8, 4) is 5.75 Å². The SMILES string of the molecule is Cc1cccc(COc2cccc(C(=O)CC(=O)C(=O)O)c2)c1F. The zero-order chi connectivity index (χ0) is 17.7. The number of hydrogen-bond donors (Lipinski definition) is 1. The highest BCUT2D eigenvalue weighted by atomic mass is 19.1. The minimum atomic E-state index is -1.65. The van der Waals surface area contributed by atoms with Crippen molar-refractivity contribution in [2.24, 2.45) is 0 Å². The Balaban J connectivity index is 2.07. The van der Waals surface area contributed by atoms with Crippen LogP contribution in [0.4, 0.5) is 4.39 Å². The topological polar surface area (TPSA) is 80.7 Å². The number of aliphatic carboxylic acids is 1. The van der Waals surface area contributed by atoms with Gasteiger partial charge in [-0.25, -0.2) is 9.18 Å². The van der Waals surface area contributed by atoms with Gasteiger partial charge in [0.05, 0.1) is 6.42 Å². The fourth-order valence-electron chi connectivity index (χ4n) is 2.06. The number of carbonyl (C=O) groups is 3. The number of carboxylic acid groups (broad SMARTS) is 1. The molecule has 0 fully saturated rings. The summed E-state index contributed by atoms with van der Waals surface area (Å²) in [6, 6.07) is 10.9. The molecule has 0 saturated carbocycles. The van der Waals surface area contributed by atoms with E-state index < -0.39 is 24.0 Å². The average molecular weight is 330 g/mol. The van der Waals surface area contributed by atoms with Gasteiger partial charge in [-0.15, -0.1) is 0 Å².